The number of rotatable bonds is 9. The minimum absolute atomic E-state index is 0.303. The van der Waals surface area contributed by atoms with Gasteiger partial charge in [-0.05, 0) is 52.6 Å². The summed E-state index contributed by atoms with van der Waals surface area (Å²) in [6, 6.07) is 25.2. The standard InChI is InChI=1S/C29H31N2O3/c1-5-29(19-33-4,24-13-9-12-23(17-24)20(2)3)18-21-14-15-25(22-10-7-6-8-11-22)26(16-21)27-30-28(32)34-31-27/h5-17,20H,18-19H2,1-4H3,(H,30,31,32). The Labute approximate surface area is 200 Å². The van der Waals surface area contributed by atoms with Crippen molar-refractivity contribution in [2.24, 2.45) is 0 Å². The Morgan fingerprint density at radius 1 is 1.03 bits per heavy atom. The molecule has 1 unspecified atom stereocenters. The number of hydrogen-bond acceptors (Lipinski definition) is 4. The summed E-state index contributed by atoms with van der Waals surface area (Å²) >= 11 is 0. The minimum atomic E-state index is -0.569. The lowest BCUT2D eigenvalue weighted by atomic mass is 9.73. The molecule has 0 fully saturated rings. The fourth-order valence-electron chi connectivity index (χ4n) is 4.53. The Kier molecular flexibility index (Phi) is 7.13. The van der Waals surface area contributed by atoms with Crippen LogP contribution in [0.15, 0.2) is 82.1 Å². The number of nitrogens with zero attached hydrogens (tertiary/aromatic N) is 1. The summed E-state index contributed by atoms with van der Waals surface area (Å²) in [6.07, 6.45) is 2.97. The van der Waals surface area contributed by atoms with Gasteiger partial charge in [-0.15, -0.1) is 0 Å². The molecule has 0 spiro atoms. The van der Waals surface area contributed by atoms with Crippen LogP contribution in [0.1, 0.15) is 43.4 Å². The van der Waals surface area contributed by atoms with Gasteiger partial charge in [0, 0.05) is 18.1 Å². The van der Waals surface area contributed by atoms with Gasteiger partial charge in [0.15, 0.2) is 5.82 Å². The fraction of sp³-hybridized carbons (Fsp3) is 0.276. The molecule has 175 valence electrons. The maximum atomic E-state index is 11.7. The van der Waals surface area contributed by atoms with E-state index < -0.39 is 5.76 Å². The van der Waals surface area contributed by atoms with Gasteiger partial charge in [0.25, 0.3) is 0 Å². The van der Waals surface area contributed by atoms with E-state index in [1.54, 1.807) is 7.11 Å². The lowest BCUT2D eigenvalue weighted by Crippen LogP contribution is -2.34. The first-order valence-corrected chi connectivity index (χ1v) is 11.6. The van der Waals surface area contributed by atoms with Crippen molar-refractivity contribution < 1.29 is 9.26 Å². The average molecular weight is 456 g/mol. The van der Waals surface area contributed by atoms with Gasteiger partial charge in [0.1, 0.15) is 0 Å². The Morgan fingerprint density at radius 3 is 2.47 bits per heavy atom. The Morgan fingerprint density at radius 2 is 1.82 bits per heavy atom. The summed E-state index contributed by atoms with van der Waals surface area (Å²) in [4.78, 5) is 14.4. The van der Waals surface area contributed by atoms with Crippen molar-refractivity contribution >= 4 is 0 Å². The Bertz CT molecular complexity index is 1290. The molecular formula is C29H31N2O3. The van der Waals surface area contributed by atoms with E-state index in [2.05, 4.69) is 79.8 Å². The van der Waals surface area contributed by atoms with Crippen LogP contribution in [-0.4, -0.2) is 23.9 Å². The highest BCUT2D eigenvalue weighted by Gasteiger charge is 2.32. The van der Waals surface area contributed by atoms with E-state index in [0.717, 1.165) is 28.7 Å². The van der Waals surface area contributed by atoms with Crippen LogP contribution in [0.3, 0.4) is 0 Å². The second-order valence-electron chi connectivity index (χ2n) is 9.02. The van der Waals surface area contributed by atoms with Gasteiger partial charge in [-0.2, -0.15) is 0 Å². The maximum Gasteiger partial charge on any atom is 0.439 e. The lowest BCUT2D eigenvalue weighted by molar-refractivity contribution is 0.143. The number of aromatic amines is 1. The molecule has 0 bridgehead atoms. The number of ether oxygens (including phenoxy) is 1. The van der Waals surface area contributed by atoms with Crippen molar-refractivity contribution in [2.45, 2.75) is 38.5 Å². The highest BCUT2D eigenvalue weighted by atomic mass is 16.5. The van der Waals surface area contributed by atoms with Gasteiger partial charge in [0.05, 0.1) is 6.61 Å². The number of hydrogen-bond donors (Lipinski definition) is 1. The smallest absolute Gasteiger partial charge is 0.384 e. The van der Waals surface area contributed by atoms with Gasteiger partial charge in [-0.1, -0.05) is 92.7 Å². The molecular weight excluding hydrogens is 424 g/mol. The summed E-state index contributed by atoms with van der Waals surface area (Å²) < 4.78 is 10.6. The number of H-pyrrole nitrogens is 1. The van der Waals surface area contributed by atoms with E-state index >= 15 is 0 Å². The average Bonchev–Trinajstić information content (AvgIpc) is 3.30. The predicted molar refractivity (Wildman–Crippen MR) is 136 cm³/mol. The van der Waals surface area contributed by atoms with Crippen LogP contribution in [0, 0.1) is 6.42 Å². The van der Waals surface area contributed by atoms with Crippen LogP contribution in [0.4, 0.5) is 0 Å². The van der Waals surface area contributed by atoms with Crippen molar-refractivity contribution in [1.29, 1.82) is 0 Å². The molecule has 4 aromatic rings. The molecule has 0 aliphatic carbocycles. The van der Waals surface area contributed by atoms with Gasteiger partial charge in [-0.3, -0.25) is 9.51 Å². The molecule has 0 saturated carbocycles. The van der Waals surface area contributed by atoms with Gasteiger partial charge < -0.3 is 4.74 Å². The number of aromatic nitrogens is 2. The lowest BCUT2D eigenvalue weighted by Gasteiger charge is -2.33. The van der Waals surface area contributed by atoms with Crippen molar-refractivity contribution in [3.05, 3.63) is 106 Å². The Hall–Kier alpha value is -3.44. The third kappa shape index (κ3) is 4.90. The first-order chi connectivity index (χ1) is 16.5. The largest absolute Gasteiger partial charge is 0.439 e. The van der Waals surface area contributed by atoms with Crippen molar-refractivity contribution in [1.82, 2.24) is 10.1 Å². The topological polar surface area (TPSA) is 68.1 Å². The van der Waals surface area contributed by atoms with Crippen LogP contribution in [-0.2, 0) is 16.6 Å². The summed E-state index contributed by atoms with van der Waals surface area (Å²) in [6.45, 7) is 7.07. The monoisotopic (exact) mass is 455 g/mol. The third-order valence-electron chi connectivity index (χ3n) is 6.47. The SMILES string of the molecule is C[CH]C(COC)(Cc1ccc(-c2ccccc2)c(-c2noc(=O)[nH]2)c1)c1cccc(C(C)C)c1. The van der Waals surface area contributed by atoms with Crippen LogP contribution in [0.5, 0.6) is 0 Å². The predicted octanol–water partition coefficient (Wildman–Crippen LogP) is 6.17. The summed E-state index contributed by atoms with van der Waals surface area (Å²) in [5, 5.41) is 3.98. The number of nitrogens with one attached hydrogen (secondary N) is 1. The van der Waals surface area contributed by atoms with Gasteiger partial charge >= 0.3 is 5.76 Å². The summed E-state index contributed by atoms with van der Waals surface area (Å²) in [7, 11) is 1.74. The normalized spacial score (nSPS) is 13.2. The van der Waals surface area contributed by atoms with Gasteiger partial charge in [-0.25, -0.2) is 4.79 Å². The molecule has 5 heteroatoms. The molecule has 0 amide bonds. The van der Waals surface area contributed by atoms with E-state index in [4.69, 9.17) is 9.26 Å². The third-order valence-corrected chi connectivity index (χ3v) is 6.47. The minimum Gasteiger partial charge on any atom is -0.384 e. The maximum absolute atomic E-state index is 11.7. The molecule has 0 aliphatic heterocycles. The molecule has 1 N–H and O–H groups in total. The van der Waals surface area contributed by atoms with Crippen molar-refractivity contribution in [3.63, 3.8) is 0 Å². The fourth-order valence-corrected chi connectivity index (χ4v) is 4.53. The zero-order chi connectivity index (χ0) is 24.1. The molecule has 0 saturated heterocycles. The molecule has 1 aromatic heterocycles. The second-order valence-corrected chi connectivity index (χ2v) is 9.02. The van der Waals surface area contributed by atoms with E-state index in [0.29, 0.717) is 18.3 Å². The molecule has 1 heterocycles. The van der Waals surface area contributed by atoms with Crippen LogP contribution >= 0.6 is 0 Å². The second kappa shape index (κ2) is 10.2. The Balaban J connectivity index is 1.81. The summed E-state index contributed by atoms with van der Waals surface area (Å²) in [5.41, 5.74) is 6.20. The van der Waals surface area contributed by atoms with Crippen LogP contribution in [0.2, 0.25) is 0 Å². The zero-order valence-corrected chi connectivity index (χ0v) is 20.2. The molecule has 34 heavy (non-hydrogen) atoms. The van der Waals surface area contributed by atoms with Crippen molar-refractivity contribution in [3.8, 4) is 22.5 Å². The zero-order valence-electron chi connectivity index (χ0n) is 20.2. The molecule has 0 aliphatic rings. The van der Waals surface area contributed by atoms with Crippen molar-refractivity contribution in [2.75, 3.05) is 13.7 Å². The number of methoxy groups -OCH3 is 1. The molecule has 1 atom stereocenters. The first kappa shape index (κ1) is 23.7. The first-order valence-electron chi connectivity index (χ1n) is 11.6. The molecule has 3 aromatic carbocycles. The van der Waals surface area contributed by atoms with E-state index in [9.17, 15) is 4.79 Å². The quantitative estimate of drug-likeness (QED) is 0.328. The van der Waals surface area contributed by atoms with E-state index in [-0.39, 0.29) is 5.41 Å². The summed E-state index contributed by atoms with van der Waals surface area (Å²) in [5.74, 6) is 0.295. The molecule has 4 rings (SSSR count). The highest BCUT2D eigenvalue weighted by Crippen LogP contribution is 2.36. The van der Waals surface area contributed by atoms with Crippen LogP contribution < -0.4 is 5.76 Å². The molecule has 1 radical (unpaired) electrons. The van der Waals surface area contributed by atoms with Gasteiger partial charge in [0.2, 0.25) is 0 Å². The highest BCUT2D eigenvalue weighted by molar-refractivity contribution is 5.81. The number of benzene rings is 3. The van der Waals surface area contributed by atoms with E-state index in [1.807, 2.05) is 30.3 Å². The van der Waals surface area contributed by atoms with Crippen LogP contribution in [0.25, 0.3) is 22.5 Å². The van der Waals surface area contributed by atoms with E-state index in [1.165, 1.54) is 11.1 Å². The molecule has 5 nitrogen and oxygen atoms in total.